The van der Waals surface area contributed by atoms with Crippen LogP contribution in [0.15, 0.2) is 60.2 Å². The minimum absolute atomic E-state index is 0.0196. The van der Waals surface area contributed by atoms with Crippen molar-refractivity contribution < 1.29 is 29.0 Å². The number of cyclic esters (lactones) is 1. The van der Waals surface area contributed by atoms with Crippen molar-refractivity contribution in [2.45, 2.75) is 12.3 Å². The Kier molecular flexibility index (Phi) is 5.14. The van der Waals surface area contributed by atoms with Gasteiger partial charge in [-0.05, 0) is 36.8 Å². The van der Waals surface area contributed by atoms with Crippen LogP contribution in [0.1, 0.15) is 26.3 Å². The first-order valence-electron chi connectivity index (χ1n) is 7.85. The van der Waals surface area contributed by atoms with E-state index in [-0.39, 0.29) is 17.2 Å². The second kappa shape index (κ2) is 7.51. The maximum atomic E-state index is 12.4. The molecule has 2 aromatic carbocycles. The summed E-state index contributed by atoms with van der Waals surface area (Å²) in [6.07, 6.45) is 0. The second-order valence-corrected chi connectivity index (χ2v) is 6.14. The summed E-state index contributed by atoms with van der Waals surface area (Å²) in [6.45, 7) is 1.74. The van der Waals surface area contributed by atoms with Gasteiger partial charge >= 0.3 is 23.9 Å². The van der Waals surface area contributed by atoms with Crippen LogP contribution in [0.4, 0.5) is 5.69 Å². The van der Waals surface area contributed by atoms with Gasteiger partial charge in [-0.1, -0.05) is 24.3 Å². The third kappa shape index (κ3) is 3.93. The summed E-state index contributed by atoms with van der Waals surface area (Å²) in [4.78, 5) is 35.3. The monoisotopic (exact) mass is 387 g/mol. The van der Waals surface area contributed by atoms with Crippen molar-refractivity contribution in [3.8, 4) is 0 Å². The zero-order valence-electron chi connectivity index (χ0n) is 14.1. The fraction of sp³-hybridized carbons (Fsp3) is 0.105. The summed E-state index contributed by atoms with van der Waals surface area (Å²) in [5.74, 6) is -2.99. The largest absolute Gasteiger partial charge is 0.478 e. The molecule has 1 aliphatic rings. The lowest BCUT2D eigenvalue weighted by Crippen LogP contribution is -2.16. The molecule has 0 aromatic heterocycles. The third-order valence-electron chi connectivity index (χ3n) is 3.81. The van der Waals surface area contributed by atoms with Crippen LogP contribution in [-0.4, -0.2) is 28.4 Å². The number of nitrogens with one attached hydrogen (secondary N) is 1. The molecule has 27 heavy (non-hydrogen) atoms. The van der Waals surface area contributed by atoms with Gasteiger partial charge in [0.1, 0.15) is 5.70 Å². The molecule has 1 heterocycles. The lowest BCUT2D eigenvalue weighted by molar-refractivity contribution is -0.139. The van der Waals surface area contributed by atoms with Gasteiger partial charge in [0.25, 0.3) is 0 Å². The number of carboxylic acids is 1. The quantitative estimate of drug-likeness (QED) is 0.599. The van der Waals surface area contributed by atoms with Crippen LogP contribution in [0.25, 0.3) is 0 Å². The summed E-state index contributed by atoms with van der Waals surface area (Å²) < 4.78 is 10.2. The van der Waals surface area contributed by atoms with Gasteiger partial charge in [0.15, 0.2) is 5.38 Å². The van der Waals surface area contributed by atoms with Gasteiger partial charge < -0.3 is 19.9 Å². The molecular weight excluding hydrogens is 374 g/mol. The molecule has 7 nitrogen and oxygen atoms in total. The lowest BCUT2D eigenvalue weighted by Gasteiger charge is -2.11. The molecule has 0 amide bonds. The lowest BCUT2D eigenvalue weighted by atomic mass is 10.1. The van der Waals surface area contributed by atoms with E-state index in [0.29, 0.717) is 16.8 Å². The number of benzene rings is 2. The number of carbonyl (C=O) groups is 3. The van der Waals surface area contributed by atoms with E-state index in [1.54, 1.807) is 37.3 Å². The molecule has 0 saturated carbocycles. The number of rotatable bonds is 5. The molecule has 0 bridgehead atoms. The average Bonchev–Trinajstić information content (AvgIpc) is 2.89. The molecule has 1 aliphatic heterocycles. The van der Waals surface area contributed by atoms with Crippen LogP contribution in [0.2, 0.25) is 0 Å². The summed E-state index contributed by atoms with van der Waals surface area (Å²) in [5.41, 5.74) is 1.41. The van der Waals surface area contributed by atoms with Gasteiger partial charge in [-0.2, -0.15) is 0 Å². The van der Waals surface area contributed by atoms with E-state index in [9.17, 15) is 14.4 Å². The first kappa shape index (κ1) is 18.5. The highest BCUT2D eigenvalue weighted by Gasteiger charge is 2.37. The van der Waals surface area contributed by atoms with Gasteiger partial charge in [0.05, 0.1) is 11.1 Å². The van der Waals surface area contributed by atoms with Gasteiger partial charge in [-0.25, -0.2) is 14.4 Å². The van der Waals surface area contributed by atoms with Crippen molar-refractivity contribution in [2.24, 2.45) is 0 Å². The average molecular weight is 388 g/mol. The maximum Gasteiger partial charge on any atom is 0.346 e. The van der Waals surface area contributed by atoms with Crippen molar-refractivity contribution in [1.29, 1.82) is 0 Å². The molecule has 0 radical (unpaired) electrons. The number of carbonyl (C=O) groups excluding carboxylic acids is 2. The Hall–Kier alpha value is -3.32. The van der Waals surface area contributed by atoms with E-state index in [0.717, 1.165) is 0 Å². The van der Waals surface area contributed by atoms with E-state index in [4.69, 9.17) is 26.2 Å². The van der Waals surface area contributed by atoms with Crippen LogP contribution in [0.5, 0.6) is 0 Å². The zero-order chi connectivity index (χ0) is 19.6. The highest BCUT2D eigenvalue weighted by molar-refractivity contribution is 6.33. The van der Waals surface area contributed by atoms with Crippen LogP contribution in [0, 0.1) is 6.92 Å². The minimum Gasteiger partial charge on any atom is -0.478 e. The van der Waals surface area contributed by atoms with Gasteiger partial charge in [-0.3, -0.25) is 0 Å². The Labute approximate surface area is 159 Å². The van der Waals surface area contributed by atoms with E-state index in [1.807, 2.05) is 0 Å². The Bertz CT molecular complexity index is 968. The third-order valence-corrected chi connectivity index (χ3v) is 4.21. The number of ether oxygens (including phenoxy) is 2. The Morgan fingerprint density at radius 2 is 1.93 bits per heavy atom. The van der Waals surface area contributed by atoms with Crippen molar-refractivity contribution in [3.05, 3.63) is 76.9 Å². The molecule has 1 unspecified atom stereocenters. The van der Waals surface area contributed by atoms with Crippen molar-refractivity contribution in [2.75, 3.05) is 5.32 Å². The van der Waals surface area contributed by atoms with Crippen LogP contribution >= 0.6 is 11.6 Å². The number of alkyl halides is 1. The molecule has 8 heteroatoms. The Morgan fingerprint density at radius 1 is 1.19 bits per heavy atom. The number of aromatic carboxylic acids is 1. The maximum absolute atomic E-state index is 12.4. The number of hydrogen-bond donors (Lipinski definition) is 2. The summed E-state index contributed by atoms with van der Waals surface area (Å²) >= 11 is 6.03. The Morgan fingerprint density at radius 3 is 2.63 bits per heavy atom. The van der Waals surface area contributed by atoms with E-state index in [2.05, 4.69) is 5.32 Å². The van der Waals surface area contributed by atoms with Crippen molar-refractivity contribution in [3.63, 3.8) is 0 Å². The minimum atomic E-state index is -1.22. The number of hydrogen-bond acceptors (Lipinski definition) is 6. The fourth-order valence-electron chi connectivity index (χ4n) is 2.44. The predicted molar refractivity (Wildman–Crippen MR) is 96.4 cm³/mol. The zero-order valence-corrected chi connectivity index (χ0v) is 14.8. The van der Waals surface area contributed by atoms with Crippen LogP contribution in [0.3, 0.4) is 0 Å². The molecule has 138 valence electrons. The first-order valence-corrected chi connectivity index (χ1v) is 8.28. The topological polar surface area (TPSA) is 102 Å². The standard InChI is InChI=1S/C19H14ClNO6/c1-10-5-2-3-8-13(10)17(24)26-19-15(14(20)18(25)27-19)21-12-7-4-6-11(9-12)16(22)23/h2-9,14,21H,1H3,(H,22,23). The number of aryl methyl sites for hydroxylation is 1. The fourth-order valence-corrected chi connectivity index (χ4v) is 2.62. The first-order chi connectivity index (χ1) is 12.9. The van der Waals surface area contributed by atoms with E-state index < -0.39 is 23.3 Å². The molecule has 0 aliphatic carbocycles. The van der Waals surface area contributed by atoms with Crippen molar-refractivity contribution >= 4 is 35.2 Å². The predicted octanol–water partition coefficient (Wildman–Crippen LogP) is 3.30. The van der Waals surface area contributed by atoms with Gasteiger partial charge in [-0.15, -0.1) is 11.6 Å². The SMILES string of the molecule is Cc1ccccc1C(=O)OC1=C(Nc2cccc(C(=O)O)c2)C(Cl)C(=O)O1. The normalized spacial score (nSPS) is 16.1. The Balaban J connectivity index is 1.89. The molecular formula is C19H14ClNO6. The van der Waals surface area contributed by atoms with Crippen molar-refractivity contribution in [1.82, 2.24) is 0 Å². The molecule has 2 aromatic rings. The molecule has 2 N–H and O–H groups in total. The number of esters is 2. The number of anilines is 1. The molecule has 0 spiro atoms. The van der Waals surface area contributed by atoms with Crippen LogP contribution in [-0.2, 0) is 14.3 Å². The molecule has 1 atom stereocenters. The second-order valence-electron chi connectivity index (χ2n) is 5.70. The van der Waals surface area contributed by atoms with E-state index >= 15 is 0 Å². The van der Waals surface area contributed by atoms with E-state index in [1.165, 1.54) is 18.2 Å². The number of carboxylic acid groups (broad SMARTS) is 1. The summed E-state index contributed by atoms with van der Waals surface area (Å²) in [7, 11) is 0. The summed E-state index contributed by atoms with van der Waals surface area (Å²) in [6, 6.07) is 12.6. The molecule has 0 fully saturated rings. The van der Waals surface area contributed by atoms with Crippen LogP contribution < -0.4 is 5.32 Å². The summed E-state index contributed by atoms with van der Waals surface area (Å²) in [5, 5.41) is 10.6. The highest BCUT2D eigenvalue weighted by Crippen LogP contribution is 2.29. The van der Waals surface area contributed by atoms with Gasteiger partial charge in [0, 0.05) is 5.69 Å². The van der Waals surface area contributed by atoms with Gasteiger partial charge in [0.2, 0.25) is 0 Å². The number of halogens is 1. The molecule has 3 rings (SSSR count). The highest BCUT2D eigenvalue weighted by atomic mass is 35.5. The smallest absolute Gasteiger partial charge is 0.346 e. The molecule has 0 saturated heterocycles.